The van der Waals surface area contributed by atoms with Crippen LogP contribution in [-0.2, 0) is 0 Å². The van der Waals surface area contributed by atoms with Crippen LogP contribution in [0.3, 0.4) is 0 Å². The van der Waals surface area contributed by atoms with Crippen molar-refractivity contribution in [3.8, 4) is 0 Å². The zero-order valence-corrected chi connectivity index (χ0v) is 14.7. The summed E-state index contributed by atoms with van der Waals surface area (Å²) >= 11 is 0. The molecule has 7 heteroatoms. The molecule has 2 N–H and O–H groups in total. The lowest BCUT2D eigenvalue weighted by molar-refractivity contribution is -0.143. The number of nitrogens with zero attached hydrogens (tertiary/aromatic N) is 2. The van der Waals surface area contributed by atoms with Gasteiger partial charge in [-0.15, -0.1) is 0 Å². The van der Waals surface area contributed by atoms with E-state index in [9.17, 15) is 13.2 Å². The fraction of sp³-hybridized carbons (Fsp3) is 0.938. The normalized spacial score (nSPS) is 21.7. The van der Waals surface area contributed by atoms with E-state index in [1.54, 1.807) is 7.05 Å². The van der Waals surface area contributed by atoms with Gasteiger partial charge in [0.1, 0.15) is 0 Å². The molecule has 0 aromatic heterocycles. The van der Waals surface area contributed by atoms with Gasteiger partial charge in [-0.3, -0.25) is 9.89 Å². The third-order valence-corrected chi connectivity index (χ3v) is 4.04. The molecule has 0 aliphatic carbocycles. The quantitative estimate of drug-likeness (QED) is 0.555. The number of rotatable bonds is 7. The first-order valence-corrected chi connectivity index (χ1v) is 8.48. The lowest BCUT2D eigenvalue weighted by atomic mass is 10.0. The molecule has 4 nitrogen and oxygen atoms in total. The number of alkyl halides is 3. The number of nitrogens with one attached hydrogen (secondary N) is 2. The molecule has 0 bridgehead atoms. The second-order valence-electron chi connectivity index (χ2n) is 6.92. The van der Waals surface area contributed by atoms with E-state index >= 15 is 0 Å². The van der Waals surface area contributed by atoms with Crippen molar-refractivity contribution in [3.05, 3.63) is 0 Å². The molecule has 2 atom stereocenters. The van der Waals surface area contributed by atoms with Gasteiger partial charge in [0, 0.05) is 32.2 Å². The molecule has 1 aliphatic heterocycles. The standard InChI is InChI=1S/C16H31F3N4/c1-12(2)6-5-7-13(3)21-15(20-4)22-14-8-9-23(10-14)11-16(17,18)19/h12-14H,5-11H2,1-4H3,(H2,20,21,22). The lowest BCUT2D eigenvalue weighted by Crippen LogP contribution is -2.47. The molecular weight excluding hydrogens is 305 g/mol. The van der Waals surface area contributed by atoms with Crippen LogP contribution >= 0.6 is 0 Å². The van der Waals surface area contributed by atoms with Gasteiger partial charge in [-0.1, -0.05) is 26.7 Å². The van der Waals surface area contributed by atoms with E-state index in [1.165, 1.54) is 11.3 Å². The Morgan fingerprint density at radius 1 is 1.26 bits per heavy atom. The zero-order valence-electron chi connectivity index (χ0n) is 14.7. The topological polar surface area (TPSA) is 39.7 Å². The van der Waals surface area contributed by atoms with E-state index in [1.807, 2.05) is 0 Å². The van der Waals surface area contributed by atoms with Crippen LogP contribution in [0.5, 0.6) is 0 Å². The van der Waals surface area contributed by atoms with Crippen LogP contribution in [0.1, 0.15) is 46.5 Å². The van der Waals surface area contributed by atoms with E-state index in [-0.39, 0.29) is 6.04 Å². The highest BCUT2D eigenvalue weighted by molar-refractivity contribution is 5.80. The summed E-state index contributed by atoms with van der Waals surface area (Å²) in [6.45, 7) is 6.58. The number of likely N-dealkylation sites (tertiary alicyclic amines) is 1. The maximum absolute atomic E-state index is 12.4. The van der Waals surface area contributed by atoms with E-state index < -0.39 is 12.7 Å². The highest BCUT2D eigenvalue weighted by Crippen LogP contribution is 2.19. The van der Waals surface area contributed by atoms with Crippen LogP contribution < -0.4 is 10.6 Å². The van der Waals surface area contributed by atoms with Crippen molar-refractivity contribution < 1.29 is 13.2 Å². The summed E-state index contributed by atoms with van der Waals surface area (Å²) in [7, 11) is 1.69. The number of guanidine groups is 1. The molecule has 1 heterocycles. The van der Waals surface area contributed by atoms with Gasteiger partial charge in [-0.05, 0) is 25.7 Å². The monoisotopic (exact) mass is 336 g/mol. The number of halogens is 3. The first kappa shape index (κ1) is 20.1. The second kappa shape index (κ2) is 9.35. The maximum atomic E-state index is 12.4. The summed E-state index contributed by atoms with van der Waals surface area (Å²) in [5.74, 6) is 1.39. The van der Waals surface area contributed by atoms with Gasteiger partial charge in [0.05, 0.1) is 6.54 Å². The third-order valence-electron chi connectivity index (χ3n) is 4.04. The van der Waals surface area contributed by atoms with Crippen molar-refractivity contribution in [1.29, 1.82) is 0 Å². The largest absolute Gasteiger partial charge is 0.401 e. The van der Waals surface area contributed by atoms with Crippen LogP contribution in [0.15, 0.2) is 4.99 Å². The summed E-state index contributed by atoms with van der Waals surface area (Å²) in [6, 6.07) is 0.319. The van der Waals surface area contributed by atoms with Crippen molar-refractivity contribution in [1.82, 2.24) is 15.5 Å². The van der Waals surface area contributed by atoms with Crippen molar-refractivity contribution in [2.24, 2.45) is 10.9 Å². The highest BCUT2D eigenvalue weighted by Gasteiger charge is 2.34. The molecule has 0 aromatic rings. The van der Waals surface area contributed by atoms with Crippen molar-refractivity contribution in [2.45, 2.75) is 64.7 Å². The molecule has 136 valence electrons. The van der Waals surface area contributed by atoms with Crippen LogP contribution in [0.2, 0.25) is 0 Å². The fourth-order valence-electron chi connectivity index (χ4n) is 2.85. The Balaban J connectivity index is 2.31. The molecule has 1 fully saturated rings. The minimum Gasteiger partial charge on any atom is -0.354 e. The van der Waals surface area contributed by atoms with Gasteiger partial charge in [0.25, 0.3) is 0 Å². The molecule has 0 saturated carbocycles. The average Bonchev–Trinajstić information content (AvgIpc) is 2.82. The molecule has 1 aliphatic rings. The van der Waals surface area contributed by atoms with E-state index in [0.29, 0.717) is 37.4 Å². The van der Waals surface area contributed by atoms with Gasteiger partial charge in [-0.2, -0.15) is 13.2 Å². The Kier molecular flexibility index (Phi) is 8.16. The molecule has 1 rings (SSSR count). The average molecular weight is 336 g/mol. The molecule has 0 aromatic carbocycles. The highest BCUT2D eigenvalue weighted by atomic mass is 19.4. The SMILES string of the molecule is CN=C(NC(C)CCCC(C)C)NC1CCN(CC(F)(F)F)C1. The van der Waals surface area contributed by atoms with Gasteiger partial charge >= 0.3 is 6.18 Å². The fourth-order valence-corrected chi connectivity index (χ4v) is 2.85. The van der Waals surface area contributed by atoms with Crippen molar-refractivity contribution >= 4 is 5.96 Å². The summed E-state index contributed by atoms with van der Waals surface area (Å²) in [5.41, 5.74) is 0. The predicted octanol–water partition coefficient (Wildman–Crippen LogP) is 3.00. The Bertz CT molecular complexity index is 369. The molecule has 23 heavy (non-hydrogen) atoms. The molecule has 0 spiro atoms. The Morgan fingerprint density at radius 2 is 1.96 bits per heavy atom. The van der Waals surface area contributed by atoms with Gasteiger partial charge in [0.15, 0.2) is 5.96 Å². The molecule has 0 amide bonds. The second-order valence-corrected chi connectivity index (χ2v) is 6.92. The van der Waals surface area contributed by atoms with E-state index in [2.05, 4.69) is 36.4 Å². The lowest BCUT2D eigenvalue weighted by Gasteiger charge is -2.22. The third kappa shape index (κ3) is 9.03. The summed E-state index contributed by atoms with van der Waals surface area (Å²) in [6.07, 6.45) is 0.000688. The Hall–Kier alpha value is -0.980. The molecule has 0 radical (unpaired) electrons. The molecule has 1 saturated heterocycles. The van der Waals surface area contributed by atoms with Gasteiger partial charge in [-0.25, -0.2) is 0 Å². The minimum absolute atomic E-state index is 0.0198. The predicted molar refractivity (Wildman–Crippen MR) is 88.7 cm³/mol. The van der Waals surface area contributed by atoms with Gasteiger partial charge in [0.2, 0.25) is 0 Å². The summed E-state index contributed by atoms with van der Waals surface area (Å²) in [4.78, 5) is 5.63. The smallest absolute Gasteiger partial charge is 0.354 e. The van der Waals surface area contributed by atoms with E-state index in [0.717, 1.165) is 12.8 Å². The number of hydrogen-bond acceptors (Lipinski definition) is 2. The zero-order chi connectivity index (χ0) is 17.5. The minimum atomic E-state index is -4.13. The number of aliphatic imine (C=N–C) groups is 1. The maximum Gasteiger partial charge on any atom is 0.401 e. The Morgan fingerprint density at radius 3 is 2.52 bits per heavy atom. The van der Waals surface area contributed by atoms with Crippen LogP contribution in [0.4, 0.5) is 13.2 Å². The van der Waals surface area contributed by atoms with Crippen molar-refractivity contribution in [3.63, 3.8) is 0 Å². The van der Waals surface area contributed by atoms with Crippen LogP contribution in [0.25, 0.3) is 0 Å². The van der Waals surface area contributed by atoms with Crippen LogP contribution in [-0.4, -0.2) is 55.8 Å². The molecule has 2 unspecified atom stereocenters. The van der Waals surface area contributed by atoms with E-state index in [4.69, 9.17) is 0 Å². The number of hydrogen-bond donors (Lipinski definition) is 2. The first-order chi connectivity index (χ1) is 10.7. The molecular formula is C16H31F3N4. The van der Waals surface area contributed by atoms with Crippen LogP contribution in [0, 0.1) is 5.92 Å². The Labute approximate surface area is 137 Å². The summed E-state index contributed by atoms with van der Waals surface area (Å²) < 4.78 is 37.2. The first-order valence-electron chi connectivity index (χ1n) is 8.48. The van der Waals surface area contributed by atoms with Crippen molar-refractivity contribution in [2.75, 3.05) is 26.7 Å². The summed E-state index contributed by atoms with van der Waals surface area (Å²) in [5, 5.41) is 6.57. The van der Waals surface area contributed by atoms with Gasteiger partial charge < -0.3 is 10.6 Å².